The Labute approximate surface area is 98.5 Å². The van der Waals surface area contributed by atoms with Crippen molar-refractivity contribution in [3.8, 4) is 0 Å². The normalized spacial score (nSPS) is 18.9. The number of nitrogens with one attached hydrogen (secondary N) is 1. The molecule has 0 spiro atoms. The van der Waals surface area contributed by atoms with Crippen molar-refractivity contribution in [2.45, 2.75) is 52.1 Å². The van der Waals surface area contributed by atoms with E-state index in [0.717, 1.165) is 12.5 Å². The summed E-state index contributed by atoms with van der Waals surface area (Å²) in [5.41, 5.74) is 2.47. The van der Waals surface area contributed by atoms with Crippen molar-refractivity contribution in [2.24, 2.45) is 5.92 Å². The predicted octanol–water partition coefficient (Wildman–Crippen LogP) is 3.06. The monoisotopic (exact) mass is 218 g/mol. The number of pyridine rings is 1. The SMILES string of the molecule is Cc1cccnc1CN[C@H](C)C1CCCC1. The van der Waals surface area contributed by atoms with Gasteiger partial charge in [0.25, 0.3) is 0 Å². The lowest BCUT2D eigenvalue weighted by Gasteiger charge is -2.20. The Kier molecular flexibility index (Phi) is 3.94. The van der Waals surface area contributed by atoms with Gasteiger partial charge in [0, 0.05) is 18.8 Å². The second-order valence-corrected chi connectivity index (χ2v) is 4.98. The van der Waals surface area contributed by atoms with E-state index in [1.807, 2.05) is 12.3 Å². The van der Waals surface area contributed by atoms with Crippen LogP contribution in [-0.4, -0.2) is 11.0 Å². The maximum absolute atomic E-state index is 4.41. The summed E-state index contributed by atoms with van der Waals surface area (Å²) in [6, 6.07) is 4.76. The zero-order valence-electron chi connectivity index (χ0n) is 10.4. The molecule has 0 amide bonds. The molecule has 0 aromatic carbocycles. The molecule has 2 rings (SSSR count). The highest BCUT2D eigenvalue weighted by molar-refractivity contribution is 5.17. The standard InChI is InChI=1S/C14H22N2/c1-11-6-5-9-15-14(11)10-16-12(2)13-7-3-4-8-13/h5-6,9,12-13,16H,3-4,7-8,10H2,1-2H3/t12-/m1/s1. The molecule has 2 heteroatoms. The summed E-state index contributed by atoms with van der Waals surface area (Å²) in [6.45, 7) is 5.35. The zero-order chi connectivity index (χ0) is 11.4. The highest BCUT2D eigenvalue weighted by Crippen LogP contribution is 2.27. The van der Waals surface area contributed by atoms with Gasteiger partial charge in [0.2, 0.25) is 0 Å². The molecule has 1 aliphatic carbocycles. The van der Waals surface area contributed by atoms with Gasteiger partial charge in [-0.2, -0.15) is 0 Å². The van der Waals surface area contributed by atoms with Crippen LogP contribution in [-0.2, 0) is 6.54 Å². The number of hydrogen-bond acceptors (Lipinski definition) is 2. The van der Waals surface area contributed by atoms with Crippen LogP contribution in [0.3, 0.4) is 0 Å². The van der Waals surface area contributed by atoms with Crippen molar-refractivity contribution < 1.29 is 0 Å². The molecular formula is C14H22N2. The summed E-state index contributed by atoms with van der Waals surface area (Å²) in [5, 5.41) is 3.62. The van der Waals surface area contributed by atoms with Crippen LogP contribution >= 0.6 is 0 Å². The first-order valence-corrected chi connectivity index (χ1v) is 6.41. The van der Waals surface area contributed by atoms with Crippen LogP contribution in [0.5, 0.6) is 0 Å². The highest BCUT2D eigenvalue weighted by atomic mass is 14.9. The summed E-state index contributed by atoms with van der Waals surface area (Å²) in [5.74, 6) is 0.879. The Morgan fingerprint density at radius 3 is 2.88 bits per heavy atom. The summed E-state index contributed by atoms with van der Waals surface area (Å²) in [6.07, 6.45) is 7.51. The van der Waals surface area contributed by atoms with Crippen LogP contribution in [0.25, 0.3) is 0 Å². The van der Waals surface area contributed by atoms with Crippen molar-refractivity contribution in [3.63, 3.8) is 0 Å². The van der Waals surface area contributed by atoms with Gasteiger partial charge >= 0.3 is 0 Å². The van der Waals surface area contributed by atoms with Gasteiger partial charge in [0.05, 0.1) is 5.69 Å². The molecule has 1 aromatic rings. The fourth-order valence-corrected chi connectivity index (χ4v) is 2.59. The molecule has 0 saturated heterocycles. The van der Waals surface area contributed by atoms with Crippen molar-refractivity contribution in [3.05, 3.63) is 29.6 Å². The topological polar surface area (TPSA) is 24.9 Å². The first-order chi connectivity index (χ1) is 7.77. The molecule has 1 fully saturated rings. The summed E-state index contributed by atoms with van der Waals surface area (Å²) in [7, 11) is 0. The van der Waals surface area contributed by atoms with E-state index < -0.39 is 0 Å². The number of rotatable bonds is 4. The molecule has 0 unspecified atom stereocenters. The molecular weight excluding hydrogens is 196 g/mol. The molecule has 1 atom stereocenters. The second-order valence-electron chi connectivity index (χ2n) is 4.98. The lowest BCUT2D eigenvalue weighted by atomic mass is 10.00. The quantitative estimate of drug-likeness (QED) is 0.840. The van der Waals surface area contributed by atoms with E-state index in [4.69, 9.17) is 0 Å². The van der Waals surface area contributed by atoms with E-state index in [9.17, 15) is 0 Å². The Bertz CT molecular complexity index is 329. The van der Waals surface area contributed by atoms with Crippen LogP contribution in [0, 0.1) is 12.8 Å². The third kappa shape index (κ3) is 2.82. The van der Waals surface area contributed by atoms with Crippen LogP contribution < -0.4 is 5.32 Å². The first-order valence-electron chi connectivity index (χ1n) is 6.41. The van der Waals surface area contributed by atoms with Crippen molar-refractivity contribution in [1.29, 1.82) is 0 Å². The lowest BCUT2D eigenvalue weighted by Crippen LogP contribution is -2.32. The third-order valence-corrected chi connectivity index (χ3v) is 3.82. The summed E-state index contributed by atoms with van der Waals surface area (Å²) < 4.78 is 0. The number of hydrogen-bond donors (Lipinski definition) is 1. The minimum Gasteiger partial charge on any atom is -0.308 e. The van der Waals surface area contributed by atoms with Gasteiger partial charge < -0.3 is 5.32 Å². The lowest BCUT2D eigenvalue weighted by molar-refractivity contribution is 0.378. The minimum atomic E-state index is 0.629. The molecule has 16 heavy (non-hydrogen) atoms. The fraction of sp³-hybridized carbons (Fsp3) is 0.643. The van der Waals surface area contributed by atoms with Crippen LogP contribution in [0.15, 0.2) is 18.3 Å². The first kappa shape index (κ1) is 11.6. The third-order valence-electron chi connectivity index (χ3n) is 3.82. The minimum absolute atomic E-state index is 0.629. The molecule has 0 radical (unpaired) electrons. The van der Waals surface area contributed by atoms with E-state index in [0.29, 0.717) is 6.04 Å². The summed E-state index contributed by atoms with van der Waals surface area (Å²) in [4.78, 5) is 4.41. The number of aromatic nitrogens is 1. The van der Waals surface area contributed by atoms with Gasteiger partial charge in [-0.05, 0) is 44.2 Å². The van der Waals surface area contributed by atoms with Crippen molar-refractivity contribution in [1.82, 2.24) is 10.3 Å². The van der Waals surface area contributed by atoms with Crippen LogP contribution in [0.4, 0.5) is 0 Å². The smallest absolute Gasteiger partial charge is 0.0570 e. The van der Waals surface area contributed by atoms with Gasteiger partial charge in [-0.25, -0.2) is 0 Å². The van der Waals surface area contributed by atoms with Crippen LogP contribution in [0.1, 0.15) is 43.9 Å². The number of aryl methyl sites for hydroxylation is 1. The van der Waals surface area contributed by atoms with E-state index in [1.54, 1.807) is 0 Å². The highest BCUT2D eigenvalue weighted by Gasteiger charge is 2.20. The largest absolute Gasteiger partial charge is 0.308 e. The van der Waals surface area contributed by atoms with Crippen LogP contribution in [0.2, 0.25) is 0 Å². The Morgan fingerprint density at radius 1 is 1.44 bits per heavy atom. The van der Waals surface area contributed by atoms with Gasteiger partial charge in [-0.15, -0.1) is 0 Å². The molecule has 1 N–H and O–H groups in total. The molecule has 1 heterocycles. The molecule has 1 aromatic heterocycles. The van der Waals surface area contributed by atoms with Gasteiger partial charge in [0.15, 0.2) is 0 Å². The van der Waals surface area contributed by atoms with Crippen molar-refractivity contribution in [2.75, 3.05) is 0 Å². The van der Waals surface area contributed by atoms with Gasteiger partial charge in [-0.1, -0.05) is 18.9 Å². The molecule has 0 aliphatic heterocycles. The summed E-state index contributed by atoms with van der Waals surface area (Å²) >= 11 is 0. The predicted molar refractivity (Wildman–Crippen MR) is 67.2 cm³/mol. The van der Waals surface area contributed by atoms with Gasteiger partial charge in [0.1, 0.15) is 0 Å². The molecule has 0 bridgehead atoms. The molecule has 2 nitrogen and oxygen atoms in total. The average molecular weight is 218 g/mol. The molecule has 1 saturated carbocycles. The average Bonchev–Trinajstić information content (AvgIpc) is 2.81. The molecule has 88 valence electrons. The van der Waals surface area contributed by atoms with E-state index >= 15 is 0 Å². The maximum Gasteiger partial charge on any atom is 0.0570 e. The van der Waals surface area contributed by atoms with Gasteiger partial charge in [-0.3, -0.25) is 4.98 Å². The number of nitrogens with zero attached hydrogens (tertiary/aromatic N) is 1. The van der Waals surface area contributed by atoms with E-state index in [1.165, 1.54) is 36.9 Å². The van der Waals surface area contributed by atoms with Crippen molar-refractivity contribution >= 4 is 0 Å². The Balaban J connectivity index is 1.84. The fourth-order valence-electron chi connectivity index (χ4n) is 2.59. The zero-order valence-corrected chi connectivity index (χ0v) is 10.4. The maximum atomic E-state index is 4.41. The molecule has 1 aliphatic rings. The van der Waals surface area contributed by atoms with E-state index in [-0.39, 0.29) is 0 Å². The Morgan fingerprint density at radius 2 is 2.19 bits per heavy atom. The van der Waals surface area contributed by atoms with E-state index in [2.05, 4.69) is 30.2 Å². The Hall–Kier alpha value is -0.890. The second kappa shape index (κ2) is 5.44.